The van der Waals surface area contributed by atoms with Gasteiger partial charge < -0.3 is 5.11 Å². The van der Waals surface area contributed by atoms with Gasteiger partial charge in [0.15, 0.2) is 0 Å². The molecule has 1 heterocycles. The SMILES string of the molecule is Oc1ccc2c(c1)C(N1CCC1)CCC2. The van der Waals surface area contributed by atoms with Crippen LogP contribution >= 0.6 is 0 Å². The lowest BCUT2D eigenvalue weighted by Crippen LogP contribution is -2.41. The van der Waals surface area contributed by atoms with Gasteiger partial charge >= 0.3 is 0 Å². The maximum atomic E-state index is 9.56. The van der Waals surface area contributed by atoms with E-state index in [1.165, 1.54) is 49.9 Å². The molecule has 0 spiro atoms. The number of fused-ring (bicyclic) bond motifs is 1. The van der Waals surface area contributed by atoms with E-state index >= 15 is 0 Å². The quantitative estimate of drug-likeness (QED) is 0.758. The van der Waals surface area contributed by atoms with Crippen molar-refractivity contribution in [2.24, 2.45) is 0 Å². The zero-order chi connectivity index (χ0) is 10.3. The number of rotatable bonds is 1. The first-order valence-corrected chi connectivity index (χ1v) is 5.90. The molecule has 0 radical (unpaired) electrons. The molecule has 0 saturated carbocycles. The second kappa shape index (κ2) is 3.53. The van der Waals surface area contributed by atoms with Crippen molar-refractivity contribution in [1.82, 2.24) is 4.90 Å². The number of likely N-dealkylation sites (tertiary alicyclic amines) is 1. The fraction of sp³-hybridized carbons (Fsp3) is 0.538. The van der Waals surface area contributed by atoms with Crippen LogP contribution in [0.2, 0.25) is 0 Å². The fourth-order valence-electron chi connectivity index (χ4n) is 2.79. The Morgan fingerprint density at radius 2 is 2.07 bits per heavy atom. The summed E-state index contributed by atoms with van der Waals surface area (Å²) in [6.45, 7) is 2.47. The Bertz CT molecular complexity index is 371. The van der Waals surface area contributed by atoms with Crippen LogP contribution in [-0.2, 0) is 6.42 Å². The van der Waals surface area contributed by atoms with Crippen molar-refractivity contribution >= 4 is 0 Å². The summed E-state index contributed by atoms with van der Waals surface area (Å²) < 4.78 is 0. The highest BCUT2D eigenvalue weighted by molar-refractivity contribution is 5.38. The molecule has 80 valence electrons. The van der Waals surface area contributed by atoms with Crippen LogP contribution in [0.5, 0.6) is 5.75 Å². The van der Waals surface area contributed by atoms with Gasteiger partial charge in [-0.25, -0.2) is 0 Å². The standard InChI is InChI=1S/C13H17NO/c15-11-6-5-10-3-1-4-13(12(10)9-11)14-7-2-8-14/h5-6,9,13,15H,1-4,7-8H2. The summed E-state index contributed by atoms with van der Waals surface area (Å²) in [4.78, 5) is 2.54. The molecule has 1 aliphatic heterocycles. The van der Waals surface area contributed by atoms with Crippen LogP contribution in [-0.4, -0.2) is 23.1 Å². The lowest BCUT2D eigenvalue weighted by Gasteiger charge is -2.41. The molecule has 1 fully saturated rings. The molecule has 3 rings (SSSR count). The number of nitrogens with zero attached hydrogens (tertiary/aromatic N) is 1. The van der Waals surface area contributed by atoms with E-state index in [-0.39, 0.29) is 0 Å². The van der Waals surface area contributed by atoms with Crippen LogP contribution < -0.4 is 0 Å². The smallest absolute Gasteiger partial charge is 0.115 e. The molecule has 1 aromatic carbocycles. The first kappa shape index (κ1) is 9.22. The van der Waals surface area contributed by atoms with Crippen molar-refractivity contribution in [3.05, 3.63) is 29.3 Å². The Balaban J connectivity index is 1.96. The molecular formula is C13H17NO. The van der Waals surface area contributed by atoms with Gasteiger partial charge in [0.2, 0.25) is 0 Å². The van der Waals surface area contributed by atoms with Crippen molar-refractivity contribution in [2.75, 3.05) is 13.1 Å². The third kappa shape index (κ3) is 1.53. The minimum atomic E-state index is 0.418. The van der Waals surface area contributed by atoms with Gasteiger partial charge in [-0.2, -0.15) is 0 Å². The van der Waals surface area contributed by atoms with E-state index in [4.69, 9.17) is 0 Å². The molecule has 2 aliphatic rings. The third-order valence-corrected chi connectivity index (χ3v) is 3.74. The van der Waals surface area contributed by atoms with Gasteiger partial charge in [-0.1, -0.05) is 6.07 Å². The fourth-order valence-corrected chi connectivity index (χ4v) is 2.79. The van der Waals surface area contributed by atoms with Gasteiger partial charge in [-0.3, -0.25) is 4.90 Å². The van der Waals surface area contributed by atoms with Gasteiger partial charge in [-0.15, -0.1) is 0 Å². The van der Waals surface area contributed by atoms with Crippen LogP contribution in [0.1, 0.15) is 36.4 Å². The molecule has 2 nitrogen and oxygen atoms in total. The number of phenols is 1. The minimum Gasteiger partial charge on any atom is -0.508 e. The van der Waals surface area contributed by atoms with Crippen molar-refractivity contribution in [2.45, 2.75) is 31.7 Å². The van der Waals surface area contributed by atoms with Gasteiger partial charge in [0.25, 0.3) is 0 Å². The normalized spacial score (nSPS) is 25.7. The molecule has 2 heteroatoms. The highest BCUT2D eigenvalue weighted by Gasteiger charge is 2.29. The first-order chi connectivity index (χ1) is 7.34. The predicted octanol–water partition coefficient (Wildman–Crippen LogP) is 2.48. The Morgan fingerprint density at radius 1 is 1.20 bits per heavy atom. The van der Waals surface area contributed by atoms with E-state index in [0.717, 1.165) is 0 Å². The lowest BCUT2D eigenvalue weighted by molar-refractivity contribution is 0.105. The highest BCUT2D eigenvalue weighted by Crippen LogP contribution is 2.37. The summed E-state index contributed by atoms with van der Waals surface area (Å²) in [7, 11) is 0. The van der Waals surface area contributed by atoms with Gasteiger partial charge in [0, 0.05) is 6.04 Å². The average Bonchev–Trinajstić information content (AvgIpc) is 2.16. The Kier molecular flexibility index (Phi) is 2.17. The van der Waals surface area contributed by atoms with E-state index in [2.05, 4.69) is 11.0 Å². The molecule has 1 saturated heterocycles. The molecule has 1 aliphatic carbocycles. The van der Waals surface area contributed by atoms with Crippen molar-refractivity contribution in [3.63, 3.8) is 0 Å². The molecule has 0 aromatic heterocycles. The van der Waals surface area contributed by atoms with E-state index in [1.807, 2.05) is 12.1 Å². The van der Waals surface area contributed by atoms with Crippen LogP contribution in [0, 0.1) is 0 Å². The summed E-state index contributed by atoms with van der Waals surface area (Å²) in [5, 5.41) is 9.56. The van der Waals surface area contributed by atoms with Gasteiger partial charge in [0.05, 0.1) is 0 Å². The monoisotopic (exact) mass is 203 g/mol. The van der Waals surface area contributed by atoms with Crippen LogP contribution in [0.4, 0.5) is 0 Å². The molecular weight excluding hydrogens is 186 g/mol. The van der Waals surface area contributed by atoms with Crippen LogP contribution in [0.15, 0.2) is 18.2 Å². The largest absolute Gasteiger partial charge is 0.508 e. The van der Waals surface area contributed by atoms with E-state index in [9.17, 15) is 5.11 Å². The number of hydrogen-bond donors (Lipinski definition) is 1. The van der Waals surface area contributed by atoms with Crippen molar-refractivity contribution in [1.29, 1.82) is 0 Å². The van der Waals surface area contributed by atoms with Crippen molar-refractivity contribution < 1.29 is 5.11 Å². The average molecular weight is 203 g/mol. The second-order valence-corrected chi connectivity index (χ2v) is 4.68. The molecule has 1 atom stereocenters. The number of hydrogen-bond acceptors (Lipinski definition) is 2. The predicted molar refractivity (Wildman–Crippen MR) is 60.0 cm³/mol. The maximum absolute atomic E-state index is 9.56. The van der Waals surface area contributed by atoms with E-state index < -0.39 is 0 Å². The van der Waals surface area contributed by atoms with Gasteiger partial charge in [-0.05, 0) is 62.0 Å². The van der Waals surface area contributed by atoms with E-state index in [1.54, 1.807) is 0 Å². The molecule has 0 amide bonds. The summed E-state index contributed by atoms with van der Waals surface area (Å²) in [5.74, 6) is 0.418. The highest BCUT2D eigenvalue weighted by atomic mass is 16.3. The molecule has 0 bridgehead atoms. The molecule has 1 aromatic rings. The minimum absolute atomic E-state index is 0.418. The Hall–Kier alpha value is -1.02. The second-order valence-electron chi connectivity index (χ2n) is 4.68. The maximum Gasteiger partial charge on any atom is 0.115 e. The van der Waals surface area contributed by atoms with Crippen molar-refractivity contribution in [3.8, 4) is 5.75 Å². The number of aromatic hydroxyl groups is 1. The number of benzene rings is 1. The van der Waals surface area contributed by atoms with Gasteiger partial charge in [0.1, 0.15) is 5.75 Å². The number of phenolic OH excluding ortho intramolecular Hbond substituents is 1. The first-order valence-electron chi connectivity index (χ1n) is 5.90. The summed E-state index contributed by atoms with van der Waals surface area (Å²) >= 11 is 0. The topological polar surface area (TPSA) is 23.5 Å². The van der Waals surface area contributed by atoms with Crippen LogP contribution in [0.25, 0.3) is 0 Å². The van der Waals surface area contributed by atoms with E-state index in [0.29, 0.717) is 11.8 Å². The zero-order valence-corrected chi connectivity index (χ0v) is 8.95. The zero-order valence-electron chi connectivity index (χ0n) is 8.95. The molecule has 1 unspecified atom stereocenters. The lowest BCUT2D eigenvalue weighted by atomic mass is 9.85. The molecule has 15 heavy (non-hydrogen) atoms. The Morgan fingerprint density at radius 3 is 2.80 bits per heavy atom. The third-order valence-electron chi connectivity index (χ3n) is 3.74. The summed E-state index contributed by atoms with van der Waals surface area (Å²) in [6, 6.07) is 6.46. The summed E-state index contributed by atoms with van der Waals surface area (Å²) in [6.07, 6.45) is 5.07. The van der Waals surface area contributed by atoms with Crippen LogP contribution in [0.3, 0.4) is 0 Å². The number of aryl methyl sites for hydroxylation is 1. The molecule has 1 N–H and O–H groups in total. The summed E-state index contributed by atoms with van der Waals surface area (Å²) in [5.41, 5.74) is 2.82. The Labute approximate surface area is 90.5 Å².